The molecule has 0 bridgehead atoms. The third-order valence-corrected chi connectivity index (χ3v) is 2.69. The number of nitrogens with zero attached hydrogens (tertiary/aromatic N) is 3. The van der Waals surface area contributed by atoms with Gasteiger partial charge >= 0.3 is 0 Å². The first-order valence-corrected chi connectivity index (χ1v) is 6.24. The van der Waals surface area contributed by atoms with Crippen molar-refractivity contribution < 1.29 is 9.26 Å². The summed E-state index contributed by atoms with van der Waals surface area (Å²) in [5.74, 6) is 1.57. The van der Waals surface area contributed by atoms with Gasteiger partial charge in [0.15, 0.2) is 6.61 Å². The first-order valence-electron chi connectivity index (χ1n) is 5.87. The van der Waals surface area contributed by atoms with Crippen LogP contribution in [0.15, 0.2) is 22.7 Å². The molecule has 19 heavy (non-hydrogen) atoms. The third-order valence-electron chi connectivity index (χ3n) is 2.39. The highest BCUT2D eigenvalue weighted by molar-refractivity contribution is 6.32. The van der Waals surface area contributed by atoms with Crippen LogP contribution in [0.2, 0.25) is 5.02 Å². The van der Waals surface area contributed by atoms with E-state index in [0.717, 1.165) is 12.8 Å². The summed E-state index contributed by atoms with van der Waals surface area (Å²) in [6.07, 6.45) is 1.70. The van der Waals surface area contributed by atoms with Gasteiger partial charge in [0, 0.05) is 6.42 Å². The van der Waals surface area contributed by atoms with Crippen LogP contribution in [-0.4, -0.2) is 10.1 Å². The SMILES string of the molecule is CCCc1nc(COc2ccc(C#N)cc2Cl)no1. The van der Waals surface area contributed by atoms with Crippen molar-refractivity contribution in [1.29, 1.82) is 5.26 Å². The Balaban J connectivity index is 2.00. The zero-order valence-corrected chi connectivity index (χ0v) is 11.1. The van der Waals surface area contributed by atoms with Crippen LogP contribution in [0.5, 0.6) is 5.75 Å². The molecule has 0 aliphatic heterocycles. The number of nitriles is 1. The smallest absolute Gasteiger partial charge is 0.226 e. The number of hydrogen-bond donors (Lipinski definition) is 0. The van der Waals surface area contributed by atoms with Crippen LogP contribution in [-0.2, 0) is 13.0 Å². The van der Waals surface area contributed by atoms with E-state index in [2.05, 4.69) is 10.1 Å². The number of aromatic nitrogens is 2. The maximum Gasteiger partial charge on any atom is 0.226 e. The molecular weight excluding hydrogens is 266 g/mol. The fourth-order valence-electron chi connectivity index (χ4n) is 1.49. The van der Waals surface area contributed by atoms with Crippen LogP contribution >= 0.6 is 11.6 Å². The van der Waals surface area contributed by atoms with E-state index in [4.69, 9.17) is 26.1 Å². The maximum absolute atomic E-state index is 8.73. The second-order valence-corrected chi connectivity index (χ2v) is 4.31. The molecular formula is C13H12ClN3O2. The zero-order valence-electron chi connectivity index (χ0n) is 10.4. The number of halogens is 1. The van der Waals surface area contributed by atoms with Crippen molar-refractivity contribution in [3.05, 3.63) is 40.5 Å². The molecule has 0 amide bonds. The van der Waals surface area contributed by atoms with Crippen molar-refractivity contribution >= 4 is 11.6 Å². The minimum atomic E-state index is 0.179. The summed E-state index contributed by atoms with van der Waals surface area (Å²) in [5, 5.41) is 12.9. The van der Waals surface area contributed by atoms with Crippen molar-refractivity contribution in [1.82, 2.24) is 10.1 Å². The average Bonchev–Trinajstić information content (AvgIpc) is 2.85. The summed E-state index contributed by atoms with van der Waals surface area (Å²) in [4.78, 5) is 4.18. The summed E-state index contributed by atoms with van der Waals surface area (Å²) in [5.41, 5.74) is 0.488. The molecule has 0 unspecified atom stereocenters. The van der Waals surface area contributed by atoms with Gasteiger partial charge in [-0.2, -0.15) is 10.2 Å². The molecule has 5 nitrogen and oxygen atoms in total. The van der Waals surface area contributed by atoms with E-state index >= 15 is 0 Å². The molecule has 1 aromatic heterocycles. The minimum Gasteiger partial charge on any atom is -0.484 e. The van der Waals surface area contributed by atoms with Gasteiger partial charge in [0.2, 0.25) is 11.7 Å². The van der Waals surface area contributed by atoms with Crippen molar-refractivity contribution in [3.63, 3.8) is 0 Å². The van der Waals surface area contributed by atoms with Crippen molar-refractivity contribution in [3.8, 4) is 11.8 Å². The van der Waals surface area contributed by atoms with Gasteiger partial charge < -0.3 is 9.26 Å². The second-order valence-electron chi connectivity index (χ2n) is 3.90. The van der Waals surface area contributed by atoms with Gasteiger partial charge in [0.05, 0.1) is 16.7 Å². The van der Waals surface area contributed by atoms with E-state index in [0.29, 0.717) is 28.1 Å². The standard InChI is InChI=1S/C13H12ClN3O2/c1-2-3-13-16-12(17-19-13)8-18-11-5-4-9(7-15)6-10(11)14/h4-6H,2-3,8H2,1H3. The quantitative estimate of drug-likeness (QED) is 0.839. The lowest BCUT2D eigenvalue weighted by molar-refractivity contribution is 0.285. The lowest BCUT2D eigenvalue weighted by Gasteiger charge is -2.05. The number of rotatable bonds is 5. The molecule has 0 fully saturated rings. The predicted octanol–water partition coefficient (Wildman–Crippen LogP) is 3.13. The van der Waals surface area contributed by atoms with E-state index < -0.39 is 0 Å². The zero-order chi connectivity index (χ0) is 13.7. The van der Waals surface area contributed by atoms with Crippen molar-refractivity contribution in [2.45, 2.75) is 26.4 Å². The molecule has 0 N–H and O–H groups in total. The van der Waals surface area contributed by atoms with E-state index in [1.165, 1.54) is 0 Å². The number of benzene rings is 1. The Morgan fingerprint density at radius 3 is 3.00 bits per heavy atom. The van der Waals surface area contributed by atoms with Crippen LogP contribution in [0.1, 0.15) is 30.6 Å². The first-order chi connectivity index (χ1) is 9.22. The second kappa shape index (κ2) is 6.21. The fourth-order valence-corrected chi connectivity index (χ4v) is 1.73. The van der Waals surface area contributed by atoms with E-state index in [-0.39, 0.29) is 6.61 Å². The fraction of sp³-hybridized carbons (Fsp3) is 0.308. The van der Waals surface area contributed by atoms with Gasteiger partial charge in [-0.1, -0.05) is 23.7 Å². The van der Waals surface area contributed by atoms with Gasteiger partial charge in [0.1, 0.15) is 5.75 Å². The van der Waals surface area contributed by atoms with Crippen LogP contribution in [0.3, 0.4) is 0 Å². The average molecular weight is 278 g/mol. The molecule has 0 aliphatic carbocycles. The third kappa shape index (κ3) is 3.46. The van der Waals surface area contributed by atoms with Gasteiger partial charge in [-0.3, -0.25) is 0 Å². The van der Waals surface area contributed by atoms with Crippen LogP contribution in [0.25, 0.3) is 0 Å². The molecule has 98 valence electrons. The molecule has 2 aromatic rings. The monoisotopic (exact) mass is 277 g/mol. The van der Waals surface area contributed by atoms with Crippen LogP contribution in [0, 0.1) is 11.3 Å². The van der Waals surface area contributed by atoms with Crippen LogP contribution in [0.4, 0.5) is 0 Å². The molecule has 0 saturated heterocycles. The number of ether oxygens (including phenoxy) is 1. The Labute approximate surface area is 115 Å². The number of hydrogen-bond acceptors (Lipinski definition) is 5. The molecule has 6 heteroatoms. The van der Waals surface area contributed by atoms with Crippen molar-refractivity contribution in [2.75, 3.05) is 0 Å². The minimum absolute atomic E-state index is 0.179. The Bertz CT molecular complexity index is 604. The summed E-state index contributed by atoms with van der Waals surface area (Å²) in [6.45, 7) is 2.22. The molecule has 0 spiro atoms. The highest BCUT2D eigenvalue weighted by atomic mass is 35.5. The Kier molecular flexibility index (Phi) is 4.37. The van der Waals surface area contributed by atoms with E-state index in [9.17, 15) is 0 Å². The summed E-state index contributed by atoms with van der Waals surface area (Å²) in [7, 11) is 0. The molecule has 1 heterocycles. The molecule has 0 aliphatic rings. The van der Waals surface area contributed by atoms with E-state index in [1.807, 2.05) is 13.0 Å². The highest BCUT2D eigenvalue weighted by Crippen LogP contribution is 2.25. The van der Waals surface area contributed by atoms with Gasteiger partial charge in [0.25, 0.3) is 0 Å². The largest absolute Gasteiger partial charge is 0.484 e. The van der Waals surface area contributed by atoms with Gasteiger partial charge in [-0.25, -0.2) is 0 Å². The number of aryl methyl sites for hydroxylation is 1. The lowest BCUT2D eigenvalue weighted by atomic mass is 10.2. The van der Waals surface area contributed by atoms with Crippen LogP contribution < -0.4 is 4.74 Å². The molecule has 0 atom stereocenters. The molecule has 2 rings (SSSR count). The lowest BCUT2D eigenvalue weighted by Crippen LogP contribution is -1.98. The Morgan fingerprint density at radius 1 is 1.47 bits per heavy atom. The predicted molar refractivity (Wildman–Crippen MR) is 68.8 cm³/mol. The van der Waals surface area contributed by atoms with Gasteiger partial charge in [-0.05, 0) is 24.6 Å². The summed E-state index contributed by atoms with van der Waals surface area (Å²) in [6, 6.07) is 6.84. The Hall–Kier alpha value is -2.06. The molecule has 0 saturated carbocycles. The van der Waals surface area contributed by atoms with Crippen molar-refractivity contribution in [2.24, 2.45) is 0 Å². The normalized spacial score (nSPS) is 10.2. The molecule has 0 radical (unpaired) electrons. The highest BCUT2D eigenvalue weighted by Gasteiger charge is 2.08. The summed E-state index contributed by atoms with van der Waals surface area (Å²) >= 11 is 5.99. The first kappa shape index (κ1) is 13.4. The van der Waals surface area contributed by atoms with E-state index in [1.54, 1.807) is 18.2 Å². The molecule has 1 aromatic carbocycles. The summed E-state index contributed by atoms with van der Waals surface area (Å²) < 4.78 is 10.5. The maximum atomic E-state index is 8.73. The Morgan fingerprint density at radius 2 is 2.32 bits per heavy atom. The topological polar surface area (TPSA) is 71.9 Å². The van der Waals surface area contributed by atoms with Gasteiger partial charge in [-0.15, -0.1) is 0 Å².